The maximum atomic E-state index is 11.8. The Hall–Kier alpha value is -1.51. The SMILES string of the molecule is CCc1cc(NC2CCN(C)C2=O)ccc1C. The number of nitrogens with one attached hydrogen (secondary N) is 1. The van der Waals surface area contributed by atoms with Gasteiger partial charge in [-0.1, -0.05) is 13.0 Å². The number of hydrogen-bond acceptors (Lipinski definition) is 2. The fourth-order valence-electron chi connectivity index (χ4n) is 2.30. The zero-order valence-electron chi connectivity index (χ0n) is 10.8. The van der Waals surface area contributed by atoms with Gasteiger partial charge >= 0.3 is 0 Å². The smallest absolute Gasteiger partial charge is 0.244 e. The molecule has 17 heavy (non-hydrogen) atoms. The molecule has 1 atom stereocenters. The van der Waals surface area contributed by atoms with Crippen molar-refractivity contribution in [3.05, 3.63) is 29.3 Å². The molecule has 0 aromatic heterocycles. The van der Waals surface area contributed by atoms with Crippen LogP contribution in [0.4, 0.5) is 5.69 Å². The summed E-state index contributed by atoms with van der Waals surface area (Å²) in [6.45, 7) is 5.13. The van der Waals surface area contributed by atoms with E-state index in [-0.39, 0.29) is 11.9 Å². The highest BCUT2D eigenvalue weighted by atomic mass is 16.2. The molecule has 1 aromatic carbocycles. The van der Waals surface area contributed by atoms with Crippen molar-refractivity contribution < 1.29 is 4.79 Å². The summed E-state index contributed by atoms with van der Waals surface area (Å²) in [6, 6.07) is 6.28. The van der Waals surface area contributed by atoms with Crippen molar-refractivity contribution in [1.29, 1.82) is 0 Å². The van der Waals surface area contributed by atoms with Crippen molar-refractivity contribution in [2.45, 2.75) is 32.7 Å². The summed E-state index contributed by atoms with van der Waals surface area (Å²) in [5, 5.41) is 3.33. The van der Waals surface area contributed by atoms with Crippen LogP contribution in [-0.4, -0.2) is 30.4 Å². The maximum Gasteiger partial charge on any atom is 0.244 e. The van der Waals surface area contributed by atoms with Gasteiger partial charge < -0.3 is 10.2 Å². The summed E-state index contributed by atoms with van der Waals surface area (Å²) in [6.07, 6.45) is 1.92. The Bertz CT molecular complexity index is 428. The fourth-order valence-corrected chi connectivity index (χ4v) is 2.30. The van der Waals surface area contributed by atoms with Gasteiger partial charge in [-0.05, 0) is 43.0 Å². The van der Waals surface area contributed by atoms with E-state index in [1.54, 1.807) is 4.90 Å². The molecule has 2 rings (SSSR count). The lowest BCUT2D eigenvalue weighted by molar-refractivity contribution is -0.127. The first-order chi connectivity index (χ1) is 8.11. The summed E-state index contributed by atoms with van der Waals surface area (Å²) < 4.78 is 0. The van der Waals surface area contributed by atoms with Gasteiger partial charge in [0.05, 0.1) is 0 Å². The Balaban J connectivity index is 2.11. The third-order valence-electron chi connectivity index (χ3n) is 3.50. The van der Waals surface area contributed by atoms with Crippen LogP contribution in [0.5, 0.6) is 0 Å². The molecule has 0 spiro atoms. The highest BCUT2D eigenvalue weighted by Crippen LogP contribution is 2.19. The van der Waals surface area contributed by atoms with E-state index < -0.39 is 0 Å². The van der Waals surface area contributed by atoms with E-state index in [2.05, 4.69) is 37.4 Å². The molecular weight excluding hydrogens is 212 g/mol. The van der Waals surface area contributed by atoms with Crippen LogP contribution in [0.2, 0.25) is 0 Å². The Morgan fingerprint density at radius 2 is 2.24 bits per heavy atom. The fraction of sp³-hybridized carbons (Fsp3) is 0.500. The predicted molar refractivity (Wildman–Crippen MR) is 70.2 cm³/mol. The number of carbonyl (C=O) groups excluding carboxylic acids is 1. The molecule has 1 aromatic rings. The van der Waals surface area contributed by atoms with Crippen LogP contribution in [0.3, 0.4) is 0 Å². The molecule has 0 saturated carbocycles. The first-order valence-corrected chi connectivity index (χ1v) is 6.23. The summed E-state index contributed by atoms with van der Waals surface area (Å²) in [4.78, 5) is 13.6. The summed E-state index contributed by atoms with van der Waals surface area (Å²) in [5.74, 6) is 0.198. The van der Waals surface area contributed by atoms with Crippen LogP contribution in [-0.2, 0) is 11.2 Å². The number of aryl methyl sites for hydroxylation is 2. The average molecular weight is 232 g/mol. The Morgan fingerprint density at radius 3 is 2.82 bits per heavy atom. The Labute approximate surface area is 103 Å². The second kappa shape index (κ2) is 4.78. The van der Waals surface area contributed by atoms with Gasteiger partial charge in [-0.3, -0.25) is 4.79 Å². The van der Waals surface area contributed by atoms with Gasteiger partial charge in [-0.2, -0.15) is 0 Å². The monoisotopic (exact) mass is 232 g/mol. The molecule has 0 bridgehead atoms. The average Bonchev–Trinajstić information content (AvgIpc) is 2.63. The second-order valence-electron chi connectivity index (χ2n) is 4.74. The van der Waals surface area contributed by atoms with E-state index in [0.717, 1.165) is 25.1 Å². The number of anilines is 1. The van der Waals surface area contributed by atoms with Crippen molar-refractivity contribution in [3.63, 3.8) is 0 Å². The number of hydrogen-bond donors (Lipinski definition) is 1. The Morgan fingerprint density at radius 1 is 1.47 bits per heavy atom. The molecule has 1 N–H and O–H groups in total. The lowest BCUT2D eigenvalue weighted by Gasteiger charge is -2.15. The molecule has 0 aliphatic carbocycles. The standard InChI is InChI=1S/C14H20N2O/c1-4-11-9-12(6-5-10(11)2)15-13-7-8-16(3)14(13)17/h5-6,9,13,15H,4,7-8H2,1-3H3. The van der Waals surface area contributed by atoms with E-state index in [1.807, 2.05) is 7.05 Å². The summed E-state index contributed by atoms with van der Waals surface area (Å²) >= 11 is 0. The quantitative estimate of drug-likeness (QED) is 0.866. The van der Waals surface area contributed by atoms with Gasteiger partial charge in [0.25, 0.3) is 0 Å². The maximum absolute atomic E-state index is 11.8. The third-order valence-corrected chi connectivity index (χ3v) is 3.50. The van der Waals surface area contributed by atoms with Gasteiger partial charge in [0.2, 0.25) is 5.91 Å². The second-order valence-corrected chi connectivity index (χ2v) is 4.74. The highest BCUT2D eigenvalue weighted by Gasteiger charge is 2.28. The first-order valence-electron chi connectivity index (χ1n) is 6.23. The van der Waals surface area contributed by atoms with Gasteiger partial charge in [0.15, 0.2) is 0 Å². The van der Waals surface area contributed by atoms with Crippen LogP contribution in [0.1, 0.15) is 24.5 Å². The number of rotatable bonds is 3. The Kier molecular flexibility index (Phi) is 3.36. The normalized spacial score (nSPS) is 19.8. The van der Waals surface area contributed by atoms with Gasteiger partial charge in [-0.15, -0.1) is 0 Å². The van der Waals surface area contributed by atoms with Crippen LogP contribution < -0.4 is 5.32 Å². The molecule has 1 saturated heterocycles. The molecule has 1 fully saturated rings. The van der Waals surface area contributed by atoms with Crippen LogP contribution in [0.15, 0.2) is 18.2 Å². The minimum atomic E-state index is -0.0487. The van der Waals surface area contributed by atoms with Crippen molar-refractivity contribution in [2.75, 3.05) is 18.9 Å². The molecular formula is C14H20N2O. The topological polar surface area (TPSA) is 32.3 Å². The van der Waals surface area contributed by atoms with Crippen molar-refractivity contribution in [1.82, 2.24) is 4.90 Å². The van der Waals surface area contributed by atoms with Crippen molar-refractivity contribution in [2.24, 2.45) is 0 Å². The molecule has 1 aliphatic heterocycles. The zero-order valence-corrected chi connectivity index (χ0v) is 10.8. The number of carbonyl (C=O) groups is 1. The number of benzene rings is 1. The highest BCUT2D eigenvalue weighted by molar-refractivity contribution is 5.86. The molecule has 1 aliphatic rings. The van der Waals surface area contributed by atoms with Crippen LogP contribution >= 0.6 is 0 Å². The van der Waals surface area contributed by atoms with E-state index in [1.165, 1.54) is 11.1 Å². The molecule has 1 unspecified atom stereocenters. The number of amides is 1. The number of likely N-dealkylation sites (tertiary alicyclic amines) is 1. The lowest BCUT2D eigenvalue weighted by Crippen LogP contribution is -2.30. The largest absolute Gasteiger partial charge is 0.374 e. The number of likely N-dealkylation sites (N-methyl/N-ethyl adjacent to an activating group) is 1. The molecule has 0 radical (unpaired) electrons. The van der Waals surface area contributed by atoms with Gasteiger partial charge in [0, 0.05) is 19.3 Å². The summed E-state index contributed by atoms with van der Waals surface area (Å²) in [7, 11) is 1.86. The third kappa shape index (κ3) is 2.43. The molecule has 1 amide bonds. The minimum Gasteiger partial charge on any atom is -0.374 e. The number of nitrogens with zero attached hydrogens (tertiary/aromatic N) is 1. The van der Waals surface area contributed by atoms with Crippen molar-refractivity contribution in [3.8, 4) is 0 Å². The van der Waals surface area contributed by atoms with Gasteiger partial charge in [0.1, 0.15) is 6.04 Å². The summed E-state index contributed by atoms with van der Waals surface area (Å²) in [5.41, 5.74) is 3.71. The van der Waals surface area contributed by atoms with E-state index in [4.69, 9.17) is 0 Å². The molecule has 3 heteroatoms. The van der Waals surface area contributed by atoms with Gasteiger partial charge in [-0.25, -0.2) is 0 Å². The first kappa shape index (κ1) is 12.0. The lowest BCUT2D eigenvalue weighted by atomic mass is 10.1. The van der Waals surface area contributed by atoms with E-state index in [0.29, 0.717) is 0 Å². The van der Waals surface area contributed by atoms with Crippen LogP contribution in [0, 0.1) is 6.92 Å². The minimum absolute atomic E-state index is 0.0487. The van der Waals surface area contributed by atoms with Crippen molar-refractivity contribution >= 4 is 11.6 Å². The predicted octanol–water partition coefficient (Wildman–Crippen LogP) is 2.20. The van der Waals surface area contributed by atoms with E-state index in [9.17, 15) is 4.79 Å². The molecule has 3 nitrogen and oxygen atoms in total. The van der Waals surface area contributed by atoms with E-state index >= 15 is 0 Å². The molecule has 92 valence electrons. The van der Waals surface area contributed by atoms with Crippen LogP contribution in [0.25, 0.3) is 0 Å². The molecule has 1 heterocycles. The zero-order chi connectivity index (χ0) is 12.4.